The maximum atomic E-state index is 13.4. The molecule has 2 N–H and O–H groups in total. The fourth-order valence-electron chi connectivity index (χ4n) is 1.26. The van der Waals surface area contributed by atoms with Crippen molar-refractivity contribution < 1.29 is 13.5 Å². The van der Waals surface area contributed by atoms with Crippen molar-refractivity contribution in [3.05, 3.63) is 30.4 Å². The van der Waals surface area contributed by atoms with Gasteiger partial charge in [-0.3, -0.25) is 0 Å². The summed E-state index contributed by atoms with van der Waals surface area (Å²) >= 11 is 1.22. The first kappa shape index (κ1) is 11.8. The topological polar surface area (TPSA) is 61.3 Å². The monoisotopic (exact) mass is 254 g/mol. The van der Waals surface area contributed by atoms with Gasteiger partial charge < -0.3 is 14.9 Å². The van der Waals surface area contributed by atoms with Crippen molar-refractivity contribution in [3.63, 3.8) is 0 Å². The average molecular weight is 254 g/mol. The number of hydrogen-bond donors (Lipinski definition) is 1. The lowest BCUT2D eigenvalue weighted by Gasteiger charge is -2.08. The molecule has 2 rings (SSSR count). The standard InChI is InChI=1S/C11H11FN2O2S/c1-2-15-9-6-10(8(13)5-7(9)12)17-11-14-3-4-16-11/h3-6H,2,13H2,1H3. The number of aromatic nitrogens is 1. The summed E-state index contributed by atoms with van der Waals surface area (Å²) in [4.78, 5) is 4.61. The Morgan fingerprint density at radius 2 is 2.35 bits per heavy atom. The molecule has 90 valence electrons. The van der Waals surface area contributed by atoms with E-state index in [1.807, 2.05) is 0 Å². The second-order valence-corrected chi connectivity index (χ2v) is 4.15. The van der Waals surface area contributed by atoms with Gasteiger partial charge in [0.25, 0.3) is 5.22 Å². The van der Waals surface area contributed by atoms with Gasteiger partial charge in [0.15, 0.2) is 11.6 Å². The number of halogens is 1. The van der Waals surface area contributed by atoms with Gasteiger partial charge in [-0.25, -0.2) is 9.37 Å². The van der Waals surface area contributed by atoms with Gasteiger partial charge in [0.05, 0.1) is 12.8 Å². The third-order valence-corrected chi connectivity index (χ3v) is 2.92. The van der Waals surface area contributed by atoms with E-state index in [0.717, 1.165) is 0 Å². The second kappa shape index (κ2) is 5.09. The number of rotatable bonds is 4. The molecular weight excluding hydrogens is 243 g/mol. The lowest BCUT2D eigenvalue weighted by atomic mass is 10.3. The molecule has 0 aliphatic heterocycles. The normalized spacial score (nSPS) is 10.5. The Balaban J connectivity index is 2.29. The van der Waals surface area contributed by atoms with E-state index in [2.05, 4.69) is 4.98 Å². The molecule has 0 saturated heterocycles. The van der Waals surface area contributed by atoms with Gasteiger partial charge in [0.2, 0.25) is 0 Å². The van der Waals surface area contributed by atoms with Gasteiger partial charge in [-0.2, -0.15) is 0 Å². The molecule has 0 fully saturated rings. The number of hydrogen-bond acceptors (Lipinski definition) is 5. The van der Waals surface area contributed by atoms with E-state index in [1.54, 1.807) is 13.0 Å². The largest absolute Gasteiger partial charge is 0.491 e. The zero-order valence-electron chi connectivity index (χ0n) is 9.14. The predicted molar refractivity (Wildman–Crippen MR) is 62.6 cm³/mol. The van der Waals surface area contributed by atoms with Crippen LogP contribution in [0.2, 0.25) is 0 Å². The van der Waals surface area contributed by atoms with Gasteiger partial charge in [0.1, 0.15) is 6.26 Å². The molecule has 0 spiro atoms. The number of benzene rings is 1. The van der Waals surface area contributed by atoms with Gasteiger partial charge in [-0.15, -0.1) is 0 Å². The summed E-state index contributed by atoms with van der Waals surface area (Å²) in [7, 11) is 0. The average Bonchev–Trinajstić information content (AvgIpc) is 2.78. The number of oxazole rings is 1. The Morgan fingerprint density at radius 1 is 1.53 bits per heavy atom. The molecule has 0 radical (unpaired) electrons. The zero-order valence-corrected chi connectivity index (χ0v) is 9.96. The molecule has 4 nitrogen and oxygen atoms in total. The van der Waals surface area contributed by atoms with Crippen LogP contribution in [0.1, 0.15) is 6.92 Å². The first-order chi connectivity index (χ1) is 8.20. The first-order valence-corrected chi connectivity index (χ1v) is 5.81. The molecule has 1 heterocycles. The highest BCUT2D eigenvalue weighted by Gasteiger charge is 2.11. The van der Waals surface area contributed by atoms with Crippen LogP contribution in [0.4, 0.5) is 10.1 Å². The summed E-state index contributed by atoms with van der Waals surface area (Å²) in [5.74, 6) is -0.295. The highest BCUT2D eigenvalue weighted by atomic mass is 32.2. The van der Waals surface area contributed by atoms with E-state index in [1.165, 1.54) is 30.3 Å². The Hall–Kier alpha value is -1.69. The maximum Gasteiger partial charge on any atom is 0.260 e. The third-order valence-electron chi connectivity index (χ3n) is 1.97. The van der Waals surface area contributed by atoms with Crippen LogP contribution in [0.3, 0.4) is 0 Å². The summed E-state index contributed by atoms with van der Waals surface area (Å²) in [6.45, 7) is 2.18. The molecule has 0 aliphatic carbocycles. The molecule has 17 heavy (non-hydrogen) atoms. The molecule has 0 amide bonds. The van der Waals surface area contributed by atoms with Gasteiger partial charge in [-0.1, -0.05) is 0 Å². The van der Waals surface area contributed by atoms with E-state index < -0.39 is 5.82 Å². The Kier molecular flexibility index (Phi) is 3.53. The molecule has 1 aromatic heterocycles. The van der Waals surface area contributed by atoms with Crippen molar-refractivity contribution in [2.24, 2.45) is 0 Å². The molecule has 0 saturated carbocycles. The van der Waals surface area contributed by atoms with E-state index in [9.17, 15) is 4.39 Å². The van der Waals surface area contributed by atoms with Gasteiger partial charge in [-0.05, 0) is 24.8 Å². The zero-order chi connectivity index (χ0) is 12.3. The molecular formula is C11H11FN2O2S. The van der Waals surface area contributed by atoms with E-state index in [4.69, 9.17) is 14.9 Å². The van der Waals surface area contributed by atoms with Crippen LogP contribution in [-0.2, 0) is 0 Å². The van der Waals surface area contributed by atoms with Gasteiger partial charge >= 0.3 is 0 Å². The van der Waals surface area contributed by atoms with Gasteiger partial charge in [0, 0.05) is 16.6 Å². The molecule has 1 aromatic carbocycles. The molecule has 0 bridgehead atoms. The lowest BCUT2D eigenvalue weighted by molar-refractivity contribution is 0.321. The lowest BCUT2D eigenvalue weighted by Crippen LogP contribution is -1.97. The minimum absolute atomic E-state index is 0.177. The van der Waals surface area contributed by atoms with E-state index >= 15 is 0 Å². The molecule has 6 heteroatoms. The van der Waals surface area contributed by atoms with Crippen molar-refractivity contribution >= 4 is 17.4 Å². The van der Waals surface area contributed by atoms with Crippen molar-refractivity contribution in [2.75, 3.05) is 12.3 Å². The highest BCUT2D eigenvalue weighted by Crippen LogP contribution is 2.35. The molecule has 0 atom stereocenters. The number of nitrogen functional groups attached to an aromatic ring is 1. The number of nitrogens with zero attached hydrogens (tertiary/aromatic N) is 1. The van der Waals surface area contributed by atoms with Crippen LogP contribution in [0.25, 0.3) is 0 Å². The summed E-state index contributed by atoms with van der Waals surface area (Å²) in [5, 5.41) is 0.450. The van der Waals surface area contributed by atoms with Crippen LogP contribution in [0.5, 0.6) is 5.75 Å². The predicted octanol–water partition coefficient (Wildman–Crippen LogP) is 2.95. The van der Waals surface area contributed by atoms with E-state index in [0.29, 0.717) is 22.4 Å². The summed E-state index contributed by atoms with van der Waals surface area (Å²) < 4.78 is 23.7. The highest BCUT2D eigenvalue weighted by molar-refractivity contribution is 7.99. The smallest absolute Gasteiger partial charge is 0.260 e. The van der Waals surface area contributed by atoms with Crippen molar-refractivity contribution in [3.8, 4) is 5.75 Å². The Labute approximate surface area is 102 Å². The van der Waals surface area contributed by atoms with Crippen molar-refractivity contribution in [1.29, 1.82) is 0 Å². The Morgan fingerprint density at radius 3 is 3.00 bits per heavy atom. The SMILES string of the molecule is CCOc1cc(Sc2ncco2)c(N)cc1F. The number of nitrogens with two attached hydrogens (primary N) is 1. The second-order valence-electron chi connectivity index (χ2n) is 3.15. The van der Waals surface area contributed by atoms with Crippen LogP contribution < -0.4 is 10.5 Å². The fraction of sp³-hybridized carbons (Fsp3) is 0.182. The summed E-state index contributed by atoms with van der Waals surface area (Å²) in [5.41, 5.74) is 6.05. The van der Waals surface area contributed by atoms with Crippen LogP contribution in [-0.4, -0.2) is 11.6 Å². The van der Waals surface area contributed by atoms with Crippen LogP contribution in [0, 0.1) is 5.82 Å². The molecule has 2 aromatic rings. The number of ether oxygens (including phenoxy) is 1. The summed E-state index contributed by atoms with van der Waals surface area (Å²) in [6, 6.07) is 2.78. The molecule has 0 aliphatic rings. The minimum Gasteiger partial charge on any atom is -0.491 e. The number of anilines is 1. The fourth-order valence-corrected chi connectivity index (χ4v) is 2.01. The van der Waals surface area contributed by atoms with Crippen molar-refractivity contribution in [2.45, 2.75) is 17.0 Å². The quantitative estimate of drug-likeness (QED) is 0.850. The summed E-state index contributed by atoms with van der Waals surface area (Å²) in [6.07, 6.45) is 3.00. The Bertz CT molecular complexity index is 502. The maximum absolute atomic E-state index is 13.4. The minimum atomic E-state index is -0.471. The van der Waals surface area contributed by atoms with Crippen molar-refractivity contribution in [1.82, 2.24) is 4.98 Å². The first-order valence-electron chi connectivity index (χ1n) is 5.00. The molecule has 0 unspecified atom stereocenters. The van der Waals surface area contributed by atoms with E-state index in [-0.39, 0.29) is 5.75 Å². The van der Waals surface area contributed by atoms with Crippen LogP contribution in [0.15, 0.2) is 39.1 Å². The van der Waals surface area contributed by atoms with Crippen LogP contribution >= 0.6 is 11.8 Å². The third kappa shape index (κ3) is 2.71.